The van der Waals surface area contributed by atoms with E-state index in [0.29, 0.717) is 18.5 Å². The fourth-order valence-corrected chi connectivity index (χ4v) is 4.24. The Morgan fingerprint density at radius 3 is 2.79 bits per heavy atom. The highest BCUT2D eigenvalue weighted by Crippen LogP contribution is 2.28. The standard InChI is InChI=1S/C13H19NO4S/c1-9(12-6-11(15)2-3-13(12)16)14-7-10-4-5-19(17,18)8-10/h2-3,6,9-10,14-16H,4-5,7-8H2,1H3. The van der Waals surface area contributed by atoms with Crippen molar-refractivity contribution >= 4 is 9.84 Å². The lowest BCUT2D eigenvalue weighted by atomic mass is 10.0. The number of hydrogen-bond acceptors (Lipinski definition) is 5. The second-order valence-electron chi connectivity index (χ2n) is 5.14. The van der Waals surface area contributed by atoms with Crippen LogP contribution in [0.25, 0.3) is 0 Å². The van der Waals surface area contributed by atoms with Gasteiger partial charge in [-0.15, -0.1) is 0 Å². The molecule has 1 aliphatic rings. The third-order valence-corrected chi connectivity index (χ3v) is 5.35. The molecule has 1 aromatic rings. The van der Waals surface area contributed by atoms with Gasteiger partial charge >= 0.3 is 0 Å². The van der Waals surface area contributed by atoms with Gasteiger partial charge in [0.15, 0.2) is 9.84 Å². The first-order valence-electron chi connectivity index (χ1n) is 6.33. The van der Waals surface area contributed by atoms with Crippen molar-refractivity contribution in [2.75, 3.05) is 18.1 Å². The lowest BCUT2D eigenvalue weighted by Crippen LogP contribution is -2.26. The molecule has 2 atom stereocenters. The number of phenols is 2. The fourth-order valence-electron chi connectivity index (χ4n) is 2.38. The maximum atomic E-state index is 11.4. The average Bonchev–Trinajstić information content (AvgIpc) is 2.69. The zero-order valence-corrected chi connectivity index (χ0v) is 11.7. The maximum Gasteiger partial charge on any atom is 0.150 e. The first-order chi connectivity index (χ1) is 8.87. The Balaban J connectivity index is 1.94. The smallest absolute Gasteiger partial charge is 0.150 e. The highest BCUT2D eigenvalue weighted by atomic mass is 32.2. The van der Waals surface area contributed by atoms with Crippen LogP contribution in [0.4, 0.5) is 0 Å². The fraction of sp³-hybridized carbons (Fsp3) is 0.538. The average molecular weight is 285 g/mol. The number of phenolic OH excluding ortho intramolecular Hbond substituents is 2. The van der Waals surface area contributed by atoms with Gasteiger partial charge in [-0.3, -0.25) is 0 Å². The van der Waals surface area contributed by atoms with Gasteiger partial charge in [-0.25, -0.2) is 8.42 Å². The molecule has 0 aromatic heterocycles. The molecule has 1 saturated heterocycles. The summed E-state index contributed by atoms with van der Waals surface area (Å²) in [6, 6.07) is 4.24. The Bertz CT molecular complexity index is 556. The number of hydrogen-bond donors (Lipinski definition) is 3. The summed E-state index contributed by atoms with van der Waals surface area (Å²) in [5.74, 6) is 0.859. The molecule has 1 fully saturated rings. The van der Waals surface area contributed by atoms with E-state index in [1.165, 1.54) is 18.2 Å². The summed E-state index contributed by atoms with van der Waals surface area (Å²) in [6.07, 6.45) is 0.689. The number of aromatic hydroxyl groups is 2. The molecule has 2 unspecified atom stereocenters. The largest absolute Gasteiger partial charge is 0.508 e. The van der Waals surface area contributed by atoms with Crippen LogP contribution in [0, 0.1) is 5.92 Å². The third kappa shape index (κ3) is 3.61. The Kier molecular flexibility index (Phi) is 4.01. The van der Waals surface area contributed by atoms with Gasteiger partial charge in [0, 0.05) is 11.6 Å². The quantitative estimate of drug-likeness (QED) is 0.723. The molecule has 5 nitrogen and oxygen atoms in total. The van der Waals surface area contributed by atoms with Gasteiger partial charge in [-0.2, -0.15) is 0 Å². The lowest BCUT2D eigenvalue weighted by molar-refractivity contribution is 0.429. The molecule has 0 spiro atoms. The minimum absolute atomic E-state index is 0.102. The molecule has 0 saturated carbocycles. The van der Waals surface area contributed by atoms with Crippen molar-refractivity contribution in [3.63, 3.8) is 0 Å². The summed E-state index contributed by atoms with van der Waals surface area (Å²) in [4.78, 5) is 0. The van der Waals surface area contributed by atoms with Crippen molar-refractivity contribution in [1.29, 1.82) is 0 Å². The minimum Gasteiger partial charge on any atom is -0.508 e. The van der Waals surface area contributed by atoms with Crippen molar-refractivity contribution in [1.82, 2.24) is 5.32 Å². The normalized spacial score (nSPS) is 23.3. The Morgan fingerprint density at radius 1 is 1.42 bits per heavy atom. The number of nitrogens with one attached hydrogen (secondary N) is 1. The molecule has 0 bridgehead atoms. The van der Waals surface area contributed by atoms with Gasteiger partial charge in [-0.05, 0) is 44.0 Å². The van der Waals surface area contributed by atoms with Gasteiger partial charge in [0.25, 0.3) is 0 Å². The van der Waals surface area contributed by atoms with Crippen LogP contribution < -0.4 is 5.32 Å². The van der Waals surface area contributed by atoms with Gasteiger partial charge in [0.1, 0.15) is 11.5 Å². The van der Waals surface area contributed by atoms with E-state index >= 15 is 0 Å². The van der Waals surface area contributed by atoms with E-state index < -0.39 is 9.84 Å². The molecular weight excluding hydrogens is 266 g/mol. The van der Waals surface area contributed by atoms with E-state index in [9.17, 15) is 18.6 Å². The lowest BCUT2D eigenvalue weighted by Gasteiger charge is -2.18. The molecule has 0 amide bonds. The second-order valence-corrected chi connectivity index (χ2v) is 7.37. The first-order valence-corrected chi connectivity index (χ1v) is 8.15. The van der Waals surface area contributed by atoms with Crippen LogP contribution >= 0.6 is 0 Å². The first kappa shape index (κ1) is 14.1. The summed E-state index contributed by atoms with van der Waals surface area (Å²) in [6.45, 7) is 2.47. The second kappa shape index (κ2) is 5.38. The molecule has 3 N–H and O–H groups in total. The highest BCUT2D eigenvalue weighted by Gasteiger charge is 2.27. The Hall–Kier alpha value is -1.27. The minimum atomic E-state index is -2.85. The van der Waals surface area contributed by atoms with Gasteiger partial charge in [0.2, 0.25) is 0 Å². The van der Waals surface area contributed by atoms with Crippen molar-refractivity contribution in [2.45, 2.75) is 19.4 Å². The zero-order valence-electron chi connectivity index (χ0n) is 10.8. The van der Waals surface area contributed by atoms with E-state index in [4.69, 9.17) is 0 Å². The molecular formula is C13H19NO4S. The molecule has 1 aromatic carbocycles. The summed E-state index contributed by atoms with van der Waals surface area (Å²) >= 11 is 0. The summed E-state index contributed by atoms with van der Waals surface area (Å²) in [5, 5.41) is 22.4. The van der Waals surface area contributed by atoms with E-state index in [0.717, 1.165) is 0 Å². The van der Waals surface area contributed by atoms with Crippen molar-refractivity contribution < 1.29 is 18.6 Å². The molecule has 6 heteroatoms. The Morgan fingerprint density at radius 2 is 2.16 bits per heavy atom. The van der Waals surface area contributed by atoms with Gasteiger partial charge < -0.3 is 15.5 Å². The third-order valence-electron chi connectivity index (χ3n) is 3.52. The number of rotatable bonds is 4. The predicted molar refractivity (Wildman–Crippen MR) is 73.0 cm³/mol. The SMILES string of the molecule is CC(NCC1CCS(=O)(=O)C1)c1cc(O)ccc1O. The molecule has 1 heterocycles. The molecule has 106 valence electrons. The van der Waals surface area contributed by atoms with E-state index in [-0.39, 0.29) is 35.0 Å². The van der Waals surface area contributed by atoms with E-state index in [2.05, 4.69) is 5.32 Å². The van der Waals surface area contributed by atoms with Crippen LogP contribution in [-0.4, -0.2) is 36.7 Å². The van der Waals surface area contributed by atoms with Crippen molar-refractivity contribution in [3.8, 4) is 11.5 Å². The van der Waals surface area contributed by atoms with Gasteiger partial charge in [-0.1, -0.05) is 0 Å². The van der Waals surface area contributed by atoms with Crippen LogP contribution in [0.5, 0.6) is 11.5 Å². The molecule has 2 rings (SSSR count). The van der Waals surface area contributed by atoms with Crippen LogP contribution in [0.3, 0.4) is 0 Å². The molecule has 0 aliphatic carbocycles. The monoisotopic (exact) mass is 285 g/mol. The van der Waals surface area contributed by atoms with Crippen LogP contribution in [-0.2, 0) is 9.84 Å². The topological polar surface area (TPSA) is 86.6 Å². The van der Waals surface area contributed by atoms with Gasteiger partial charge in [0.05, 0.1) is 11.5 Å². The molecule has 1 aliphatic heterocycles. The van der Waals surface area contributed by atoms with Crippen molar-refractivity contribution in [2.24, 2.45) is 5.92 Å². The van der Waals surface area contributed by atoms with Crippen LogP contribution in [0.15, 0.2) is 18.2 Å². The summed E-state index contributed by atoms with van der Waals surface area (Å²) in [5.41, 5.74) is 0.612. The Labute approximate surface area is 113 Å². The van der Waals surface area contributed by atoms with Crippen LogP contribution in [0.1, 0.15) is 24.9 Å². The number of sulfone groups is 1. The van der Waals surface area contributed by atoms with E-state index in [1.807, 2.05) is 6.92 Å². The molecule has 0 radical (unpaired) electrons. The highest BCUT2D eigenvalue weighted by molar-refractivity contribution is 7.91. The summed E-state index contributed by atoms with van der Waals surface area (Å²) < 4.78 is 22.7. The van der Waals surface area contributed by atoms with Crippen molar-refractivity contribution in [3.05, 3.63) is 23.8 Å². The molecule has 19 heavy (non-hydrogen) atoms. The van der Waals surface area contributed by atoms with E-state index in [1.54, 1.807) is 0 Å². The number of benzene rings is 1. The van der Waals surface area contributed by atoms with Crippen LogP contribution in [0.2, 0.25) is 0 Å². The summed E-state index contributed by atoms with van der Waals surface area (Å²) in [7, 11) is -2.85. The predicted octanol–water partition coefficient (Wildman–Crippen LogP) is 1.18. The zero-order chi connectivity index (χ0) is 14.0. The maximum absolute atomic E-state index is 11.4.